The molecule has 10 heteroatoms. The number of rotatable bonds is 11. The van der Waals surface area contributed by atoms with Gasteiger partial charge in [0.1, 0.15) is 11.6 Å². The van der Waals surface area contributed by atoms with E-state index in [0.29, 0.717) is 16.9 Å². The second kappa shape index (κ2) is 11.9. The number of sulfonamides is 1. The van der Waals surface area contributed by atoms with E-state index in [1.807, 2.05) is 0 Å². The van der Waals surface area contributed by atoms with Gasteiger partial charge in [-0.2, -0.15) is 0 Å². The molecule has 3 aromatic rings. The van der Waals surface area contributed by atoms with Crippen molar-refractivity contribution < 1.29 is 26.8 Å². The highest BCUT2D eigenvalue weighted by Crippen LogP contribution is 2.12. The van der Waals surface area contributed by atoms with E-state index in [2.05, 4.69) is 15.4 Å². The fourth-order valence-corrected chi connectivity index (χ4v) is 3.93. The maximum absolute atomic E-state index is 13.1. The zero-order valence-electron chi connectivity index (χ0n) is 18.2. The lowest BCUT2D eigenvalue weighted by molar-refractivity contribution is -0.121. The van der Waals surface area contributed by atoms with Crippen molar-refractivity contribution in [3.05, 3.63) is 95.7 Å². The van der Waals surface area contributed by atoms with Crippen LogP contribution in [0.5, 0.6) is 0 Å². The molecule has 0 atom stereocenters. The van der Waals surface area contributed by atoms with Gasteiger partial charge in [-0.15, -0.1) is 0 Å². The van der Waals surface area contributed by atoms with Crippen LogP contribution in [0.4, 0.5) is 4.39 Å². The van der Waals surface area contributed by atoms with Crippen LogP contribution in [0.2, 0.25) is 0 Å². The third-order valence-electron chi connectivity index (χ3n) is 4.63. The molecular weight excluding hydrogens is 461 g/mol. The van der Waals surface area contributed by atoms with E-state index >= 15 is 0 Å². The van der Waals surface area contributed by atoms with Crippen molar-refractivity contribution in [2.24, 2.45) is 0 Å². The first-order chi connectivity index (χ1) is 16.3. The molecule has 34 heavy (non-hydrogen) atoms. The molecule has 8 nitrogen and oxygen atoms in total. The van der Waals surface area contributed by atoms with Crippen molar-refractivity contribution in [2.75, 3.05) is 13.1 Å². The van der Waals surface area contributed by atoms with Gasteiger partial charge in [0, 0.05) is 19.2 Å². The summed E-state index contributed by atoms with van der Waals surface area (Å²) in [5, 5.41) is 5.28. The first kappa shape index (κ1) is 24.9. The van der Waals surface area contributed by atoms with E-state index in [9.17, 15) is 22.4 Å². The van der Waals surface area contributed by atoms with Crippen LogP contribution in [-0.2, 0) is 32.6 Å². The van der Waals surface area contributed by atoms with E-state index in [0.717, 1.165) is 0 Å². The van der Waals surface area contributed by atoms with E-state index in [1.165, 1.54) is 42.7 Å². The van der Waals surface area contributed by atoms with Crippen molar-refractivity contribution in [2.45, 2.75) is 17.9 Å². The quantitative estimate of drug-likeness (QED) is 0.285. The summed E-state index contributed by atoms with van der Waals surface area (Å²) in [5.41, 5.74) is 1.21. The second-order valence-electron chi connectivity index (χ2n) is 7.25. The van der Waals surface area contributed by atoms with Crippen molar-refractivity contribution in [3.8, 4) is 0 Å². The molecule has 0 saturated heterocycles. The largest absolute Gasteiger partial charge is 0.468 e. The predicted molar refractivity (Wildman–Crippen MR) is 124 cm³/mol. The van der Waals surface area contributed by atoms with Crippen molar-refractivity contribution in [1.82, 2.24) is 15.4 Å². The predicted octanol–water partition coefficient (Wildman–Crippen LogP) is 2.39. The Kier molecular flexibility index (Phi) is 8.72. The van der Waals surface area contributed by atoms with Gasteiger partial charge in [0.05, 0.1) is 24.1 Å². The molecule has 3 N–H and O–H groups in total. The molecule has 0 aliphatic rings. The normalized spacial score (nSPS) is 11.4. The van der Waals surface area contributed by atoms with Gasteiger partial charge >= 0.3 is 0 Å². The monoisotopic (exact) mass is 485 g/mol. The van der Waals surface area contributed by atoms with Gasteiger partial charge in [-0.05, 0) is 53.6 Å². The van der Waals surface area contributed by atoms with E-state index in [-0.39, 0.29) is 42.8 Å². The van der Waals surface area contributed by atoms with E-state index in [1.54, 1.807) is 36.4 Å². The van der Waals surface area contributed by atoms with Crippen LogP contribution >= 0.6 is 0 Å². The maximum atomic E-state index is 13.1. The molecular formula is C24H24FN3O5S. The van der Waals surface area contributed by atoms with Gasteiger partial charge in [-0.1, -0.05) is 24.3 Å². The van der Waals surface area contributed by atoms with Gasteiger partial charge < -0.3 is 15.1 Å². The molecule has 0 aliphatic heterocycles. The van der Waals surface area contributed by atoms with Crippen LogP contribution in [0.3, 0.4) is 0 Å². The molecule has 0 saturated carbocycles. The first-order valence-corrected chi connectivity index (χ1v) is 11.9. The van der Waals surface area contributed by atoms with Gasteiger partial charge in [-0.3, -0.25) is 9.59 Å². The second-order valence-corrected chi connectivity index (χ2v) is 9.02. The highest BCUT2D eigenvalue weighted by molar-refractivity contribution is 7.89. The Morgan fingerprint density at radius 1 is 0.971 bits per heavy atom. The van der Waals surface area contributed by atoms with E-state index in [4.69, 9.17) is 4.42 Å². The summed E-state index contributed by atoms with van der Waals surface area (Å²) in [6, 6.07) is 15.2. The van der Waals surface area contributed by atoms with Crippen LogP contribution in [0, 0.1) is 5.82 Å². The smallest absolute Gasteiger partial charge is 0.244 e. The summed E-state index contributed by atoms with van der Waals surface area (Å²) in [5.74, 6) is -0.539. The zero-order chi connectivity index (χ0) is 24.4. The number of hydrogen-bond acceptors (Lipinski definition) is 5. The summed E-state index contributed by atoms with van der Waals surface area (Å²) >= 11 is 0. The van der Waals surface area contributed by atoms with Crippen molar-refractivity contribution in [3.63, 3.8) is 0 Å². The Labute approximate surface area is 196 Å². The summed E-state index contributed by atoms with van der Waals surface area (Å²) in [6.07, 6.45) is 4.37. The molecule has 0 radical (unpaired) electrons. The molecule has 0 fully saturated rings. The van der Waals surface area contributed by atoms with Gasteiger partial charge in [0.25, 0.3) is 0 Å². The van der Waals surface area contributed by atoms with Gasteiger partial charge in [0.2, 0.25) is 21.8 Å². The van der Waals surface area contributed by atoms with Crippen LogP contribution < -0.4 is 15.4 Å². The van der Waals surface area contributed by atoms with Crippen molar-refractivity contribution >= 4 is 27.9 Å². The Hall–Kier alpha value is -3.76. The van der Waals surface area contributed by atoms with Crippen LogP contribution in [0.15, 0.2) is 82.3 Å². The minimum atomic E-state index is -3.70. The summed E-state index contributed by atoms with van der Waals surface area (Å²) < 4.78 is 45.4. The van der Waals surface area contributed by atoms with Gasteiger partial charge in [-0.25, -0.2) is 17.5 Å². The fourth-order valence-electron chi connectivity index (χ4n) is 2.93. The number of halogens is 1. The number of amides is 2. The Balaban J connectivity index is 1.39. The molecule has 0 aliphatic carbocycles. The topological polar surface area (TPSA) is 118 Å². The number of nitrogens with one attached hydrogen (secondary N) is 3. The minimum absolute atomic E-state index is 0.0441. The minimum Gasteiger partial charge on any atom is -0.468 e. The van der Waals surface area contributed by atoms with Crippen LogP contribution in [-0.4, -0.2) is 33.3 Å². The summed E-state index contributed by atoms with van der Waals surface area (Å²) in [4.78, 5) is 23.9. The third-order valence-corrected chi connectivity index (χ3v) is 6.05. The lowest BCUT2D eigenvalue weighted by atomic mass is 10.1. The highest BCUT2D eigenvalue weighted by atomic mass is 32.2. The summed E-state index contributed by atoms with van der Waals surface area (Å²) in [7, 11) is -3.70. The lowest BCUT2D eigenvalue weighted by Gasteiger charge is -2.06. The highest BCUT2D eigenvalue weighted by Gasteiger charge is 2.14. The molecule has 2 amide bonds. The van der Waals surface area contributed by atoms with Crippen LogP contribution in [0.1, 0.15) is 16.9 Å². The van der Waals surface area contributed by atoms with Crippen LogP contribution in [0.25, 0.3) is 6.08 Å². The number of benzene rings is 2. The third kappa shape index (κ3) is 7.98. The average Bonchev–Trinajstić information content (AvgIpc) is 3.33. The standard InChI is InChI=1S/C24H24FN3O5S/c25-20-4-1-3-19(15-20)16-24(30)27-13-12-26-23(29)11-8-18-6-9-22(10-7-18)34(31,32)28-17-21-5-2-14-33-21/h1-11,14-15,28H,12-13,16-17H2,(H,26,29)(H,27,30)/b11-8+. The fraction of sp³-hybridized carbons (Fsp3) is 0.167. The average molecular weight is 486 g/mol. The Morgan fingerprint density at radius 3 is 2.44 bits per heavy atom. The molecule has 178 valence electrons. The van der Waals surface area contributed by atoms with Crippen molar-refractivity contribution in [1.29, 1.82) is 0 Å². The van der Waals surface area contributed by atoms with Gasteiger partial charge in [0.15, 0.2) is 0 Å². The zero-order valence-corrected chi connectivity index (χ0v) is 19.0. The molecule has 1 aromatic heterocycles. The molecule has 2 aromatic carbocycles. The maximum Gasteiger partial charge on any atom is 0.244 e. The number of furan rings is 1. The number of hydrogen-bond donors (Lipinski definition) is 3. The van der Waals surface area contributed by atoms with E-state index < -0.39 is 15.8 Å². The first-order valence-electron chi connectivity index (χ1n) is 10.4. The summed E-state index contributed by atoms with van der Waals surface area (Å²) in [6.45, 7) is 0.490. The Bertz CT molecular complexity index is 1240. The molecule has 3 rings (SSSR count). The SMILES string of the molecule is O=C(/C=C/c1ccc(S(=O)(=O)NCc2ccco2)cc1)NCCNC(=O)Cc1cccc(F)c1. The molecule has 0 unspecified atom stereocenters. The molecule has 0 spiro atoms. The lowest BCUT2D eigenvalue weighted by Crippen LogP contribution is -2.34. The Morgan fingerprint density at radius 2 is 1.74 bits per heavy atom. The molecule has 1 heterocycles. The molecule has 0 bridgehead atoms. The number of carbonyl (C=O) groups is 2. The number of carbonyl (C=O) groups excluding carboxylic acids is 2.